The van der Waals surface area contributed by atoms with Gasteiger partial charge in [0.1, 0.15) is 11.6 Å². The summed E-state index contributed by atoms with van der Waals surface area (Å²) in [5.74, 6) is -0.690. The molecule has 0 fully saturated rings. The van der Waals surface area contributed by atoms with Crippen molar-refractivity contribution in [3.8, 4) is 11.8 Å². The molecule has 2 rings (SSSR count). The van der Waals surface area contributed by atoms with Gasteiger partial charge in [0.2, 0.25) is 5.78 Å². The van der Waals surface area contributed by atoms with Crippen molar-refractivity contribution in [3.05, 3.63) is 79.4 Å². The number of ether oxygens (including phenoxy) is 1. The summed E-state index contributed by atoms with van der Waals surface area (Å²) in [4.78, 5) is 33.0. The fourth-order valence-electron chi connectivity index (χ4n) is 2.17. The van der Waals surface area contributed by atoms with Crippen LogP contribution in [0, 0.1) is 31.6 Å². The van der Waals surface area contributed by atoms with E-state index in [-0.39, 0.29) is 33.8 Å². The summed E-state index contributed by atoms with van der Waals surface area (Å²) in [7, 11) is 1.28. The number of carbonyl (C=O) groups is 1. The van der Waals surface area contributed by atoms with Gasteiger partial charge in [-0.3, -0.25) is 25.0 Å². The summed E-state index contributed by atoms with van der Waals surface area (Å²) >= 11 is 0. The van der Waals surface area contributed by atoms with E-state index in [2.05, 4.69) is 0 Å². The van der Waals surface area contributed by atoms with Gasteiger partial charge in [0.05, 0.1) is 17.0 Å². The molecule has 0 N–H and O–H groups in total. The summed E-state index contributed by atoms with van der Waals surface area (Å²) in [6.07, 6.45) is 1.17. The number of nitro groups is 2. The molecule has 0 unspecified atom stereocenters. The number of ketones is 1. The number of hydrogen-bond acceptors (Lipinski definition) is 7. The Morgan fingerprint density at radius 3 is 2.46 bits per heavy atom. The number of nitro benzene ring substituents is 2. The van der Waals surface area contributed by atoms with Gasteiger partial charge in [-0.2, -0.15) is 5.26 Å². The van der Waals surface area contributed by atoms with E-state index >= 15 is 0 Å². The summed E-state index contributed by atoms with van der Waals surface area (Å²) in [5.41, 5.74) is -0.706. The highest BCUT2D eigenvalue weighted by atomic mass is 16.6. The second-order valence-corrected chi connectivity index (χ2v) is 4.99. The van der Waals surface area contributed by atoms with Crippen LogP contribution in [0.25, 0.3) is 6.08 Å². The van der Waals surface area contributed by atoms with Gasteiger partial charge < -0.3 is 4.74 Å². The Hall–Kier alpha value is -4.06. The first-order valence-electron chi connectivity index (χ1n) is 7.10. The topological polar surface area (TPSA) is 136 Å². The lowest BCUT2D eigenvalue weighted by molar-refractivity contribution is -0.385. The fourth-order valence-corrected chi connectivity index (χ4v) is 2.17. The van der Waals surface area contributed by atoms with Crippen molar-refractivity contribution in [1.29, 1.82) is 5.26 Å². The molecule has 0 saturated heterocycles. The summed E-state index contributed by atoms with van der Waals surface area (Å²) < 4.78 is 4.89. The Morgan fingerprint density at radius 2 is 1.88 bits per heavy atom. The summed E-state index contributed by atoms with van der Waals surface area (Å²) in [5, 5.41) is 31.1. The molecule has 0 spiro atoms. The van der Waals surface area contributed by atoms with Gasteiger partial charge >= 0.3 is 5.69 Å². The molecule has 0 bridgehead atoms. The number of nitrogens with zero attached hydrogens (tertiary/aromatic N) is 3. The Morgan fingerprint density at radius 1 is 1.15 bits per heavy atom. The lowest BCUT2D eigenvalue weighted by atomic mass is 10.0. The predicted octanol–water partition coefficient (Wildman–Crippen LogP) is 3.30. The van der Waals surface area contributed by atoms with Crippen molar-refractivity contribution in [2.75, 3.05) is 7.11 Å². The molecule has 0 aliphatic carbocycles. The number of rotatable bonds is 6. The monoisotopic (exact) mass is 353 g/mol. The Kier molecular flexibility index (Phi) is 5.40. The van der Waals surface area contributed by atoms with Gasteiger partial charge in [-0.25, -0.2) is 0 Å². The van der Waals surface area contributed by atoms with E-state index in [0.717, 1.165) is 12.1 Å². The summed E-state index contributed by atoms with van der Waals surface area (Å²) in [6.45, 7) is 0. The van der Waals surface area contributed by atoms with Crippen LogP contribution in [-0.4, -0.2) is 22.7 Å². The van der Waals surface area contributed by atoms with E-state index in [1.165, 1.54) is 43.5 Å². The van der Waals surface area contributed by atoms with Crippen molar-refractivity contribution < 1.29 is 19.4 Å². The SMILES string of the molecule is COc1ccc(/C=C(\C#N)C(=O)c2cccc([N+](=O)[O-])c2)cc1[N+](=O)[O-]. The summed E-state index contributed by atoms with van der Waals surface area (Å²) in [6, 6.07) is 10.6. The minimum atomic E-state index is -0.727. The van der Waals surface area contributed by atoms with E-state index in [4.69, 9.17) is 4.74 Å². The number of nitriles is 1. The number of carbonyl (C=O) groups excluding carboxylic acids is 1. The third-order valence-corrected chi connectivity index (χ3v) is 3.39. The molecule has 0 aromatic heterocycles. The Bertz CT molecular complexity index is 975. The molecular weight excluding hydrogens is 342 g/mol. The molecule has 0 aliphatic rings. The Labute approximate surface area is 147 Å². The minimum Gasteiger partial charge on any atom is -0.490 e. The number of allylic oxidation sites excluding steroid dienone is 1. The molecule has 0 heterocycles. The van der Waals surface area contributed by atoms with Crippen molar-refractivity contribution in [3.63, 3.8) is 0 Å². The maximum atomic E-state index is 12.4. The van der Waals surface area contributed by atoms with Gasteiger partial charge in [-0.1, -0.05) is 18.2 Å². The molecule has 2 aromatic rings. The molecule has 0 saturated carbocycles. The van der Waals surface area contributed by atoms with Crippen LogP contribution in [0.1, 0.15) is 15.9 Å². The minimum absolute atomic E-state index is 0.0324. The van der Waals surface area contributed by atoms with Gasteiger partial charge in [0.15, 0.2) is 5.75 Å². The molecule has 0 atom stereocenters. The molecule has 0 radical (unpaired) electrons. The maximum absolute atomic E-state index is 12.4. The zero-order valence-electron chi connectivity index (χ0n) is 13.4. The molecule has 0 amide bonds. The fraction of sp³-hybridized carbons (Fsp3) is 0.0588. The molecule has 2 aromatic carbocycles. The quantitative estimate of drug-likeness (QED) is 0.255. The van der Waals surface area contributed by atoms with Crippen molar-refractivity contribution in [2.45, 2.75) is 0 Å². The standard InChI is InChI=1S/C17H11N3O6/c1-26-16-6-5-11(8-15(16)20(24)25)7-13(10-18)17(21)12-3-2-4-14(9-12)19(22)23/h2-9H,1H3/b13-7+. The zero-order valence-corrected chi connectivity index (χ0v) is 13.4. The molecular formula is C17H11N3O6. The molecule has 26 heavy (non-hydrogen) atoms. The van der Waals surface area contributed by atoms with Crippen molar-refractivity contribution in [1.82, 2.24) is 0 Å². The third-order valence-electron chi connectivity index (χ3n) is 3.39. The first kappa shape index (κ1) is 18.3. The molecule has 0 aliphatic heterocycles. The lowest BCUT2D eigenvalue weighted by Crippen LogP contribution is -2.03. The first-order chi connectivity index (χ1) is 12.4. The van der Waals surface area contributed by atoms with Gasteiger partial charge in [0.25, 0.3) is 5.69 Å². The maximum Gasteiger partial charge on any atom is 0.311 e. The van der Waals surface area contributed by atoms with Crippen LogP contribution in [0.5, 0.6) is 5.75 Å². The number of benzene rings is 2. The first-order valence-corrected chi connectivity index (χ1v) is 7.10. The highest BCUT2D eigenvalue weighted by Crippen LogP contribution is 2.28. The van der Waals surface area contributed by atoms with E-state index in [9.17, 15) is 30.3 Å². The molecule has 9 heteroatoms. The second-order valence-electron chi connectivity index (χ2n) is 4.99. The number of hydrogen-bond donors (Lipinski definition) is 0. The van der Waals surface area contributed by atoms with Crippen LogP contribution in [0.2, 0.25) is 0 Å². The van der Waals surface area contributed by atoms with E-state index < -0.39 is 15.6 Å². The zero-order chi connectivity index (χ0) is 19.3. The highest BCUT2D eigenvalue weighted by molar-refractivity contribution is 6.14. The van der Waals surface area contributed by atoms with Crippen molar-refractivity contribution in [2.24, 2.45) is 0 Å². The Balaban J connectivity index is 2.45. The molecule has 130 valence electrons. The number of non-ortho nitro benzene ring substituents is 1. The van der Waals surface area contributed by atoms with Crippen LogP contribution >= 0.6 is 0 Å². The van der Waals surface area contributed by atoms with E-state index in [1.807, 2.05) is 0 Å². The van der Waals surface area contributed by atoms with Crippen LogP contribution in [0.4, 0.5) is 11.4 Å². The molecule has 9 nitrogen and oxygen atoms in total. The average molecular weight is 353 g/mol. The number of Topliss-reactive ketones (excluding diaryl/α,β-unsaturated/α-hetero) is 1. The van der Waals surface area contributed by atoms with Gasteiger partial charge in [-0.05, 0) is 17.7 Å². The highest BCUT2D eigenvalue weighted by Gasteiger charge is 2.18. The van der Waals surface area contributed by atoms with Gasteiger partial charge in [-0.15, -0.1) is 0 Å². The normalized spacial score (nSPS) is 10.7. The third kappa shape index (κ3) is 3.88. The van der Waals surface area contributed by atoms with E-state index in [0.29, 0.717) is 0 Å². The van der Waals surface area contributed by atoms with Gasteiger partial charge in [0, 0.05) is 23.8 Å². The number of methoxy groups -OCH3 is 1. The second kappa shape index (κ2) is 7.67. The van der Waals surface area contributed by atoms with Crippen molar-refractivity contribution >= 4 is 23.2 Å². The van der Waals surface area contributed by atoms with E-state index in [1.54, 1.807) is 6.07 Å². The average Bonchev–Trinajstić information content (AvgIpc) is 2.65. The predicted molar refractivity (Wildman–Crippen MR) is 90.7 cm³/mol. The smallest absolute Gasteiger partial charge is 0.311 e. The van der Waals surface area contributed by atoms with Crippen LogP contribution in [0.3, 0.4) is 0 Å². The largest absolute Gasteiger partial charge is 0.490 e. The van der Waals surface area contributed by atoms with Crippen LogP contribution in [0.15, 0.2) is 48.0 Å². The van der Waals surface area contributed by atoms with Crippen LogP contribution < -0.4 is 4.74 Å². The van der Waals surface area contributed by atoms with Crippen LogP contribution in [-0.2, 0) is 0 Å². The lowest BCUT2D eigenvalue weighted by Gasteiger charge is -2.03.